The van der Waals surface area contributed by atoms with Crippen molar-refractivity contribution in [1.82, 2.24) is 19.8 Å². The minimum Gasteiger partial charge on any atom is -0.374 e. The molecule has 1 aromatic heterocycles. The predicted octanol–water partition coefficient (Wildman–Crippen LogP) is 1.03. The standard InChI is InChI=1S/C17H28F3N5O3S/c1-5-21-14(25-10-11-29(27,28)15(2,3)12-25)23-7-6-16(26,17(18,19)20)13-22-8-9-24(13)4/h8-9,26H,5-7,10-12H2,1-4H3,(H,21,23). The number of hydrogen-bond acceptors (Lipinski definition) is 5. The molecule has 2 N–H and O–H groups in total. The van der Waals surface area contributed by atoms with Crippen LogP contribution in [0.5, 0.6) is 0 Å². The summed E-state index contributed by atoms with van der Waals surface area (Å²) in [5.41, 5.74) is -3.14. The van der Waals surface area contributed by atoms with Crippen molar-refractivity contribution in [2.45, 2.75) is 43.7 Å². The molecule has 0 aromatic carbocycles. The molecule has 1 unspecified atom stereocenters. The number of aryl methyl sites for hydroxylation is 1. The first kappa shape index (κ1) is 23.5. The topological polar surface area (TPSA) is 99.8 Å². The summed E-state index contributed by atoms with van der Waals surface area (Å²) >= 11 is 0. The molecule has 1 saturated heterocycles. The fourth-order valence-corrected chi connectivity index (χ4v) is 4.58. The van der Waals surface area contributed by atoms with Crippen molar-refractivity contribution in [3.63, 3.8) is 0 Å². The van der Waals surface area contributed by atoms with Gasteiger partial charge in [0.25, 0.3) is 0 Å². The highest BCUT2D eigenvalue weighted by molar-refractivity contribution is 7.92. The Kier molecular flexibility index (Phi) is 6.58. The molecule has 12 heteroatoms. The van der Waals surface area contributed by atoms with Crippen LogP contribution in [0, 0.1) is 0 Å². The van der Waals surface area contributed by atoms with Crippen LogP contribution in [0.4, 0.5) is 13.2 Å². The number of hydrogen-bond donors (Lipinski definition) is 2. The lowest BCUT2D eigenvalue weighted by Gasteiger charge is -2.39. The molecule has 0 radical (unpaired) electrons. The third kappa shape index (κ3) is 4.68. The molecule has 2 rings (SSSR count). The lowest BCUT2D eigenvalue weighted by Crippen LogP contribution is -2.57. The summed E-state index contributed by atoms with van der Waals surface area (Å²) in [5, 5.41) is 13.4. The Morgan fingerprint density at radius 1 is 1.41 bits per heavy atom. The van der Waals surface area contributed by atoms with Gasteiger partial charge in [-0.2, -0.15) is 13.2 Å². The third-order valence-corrected chi connectivity index (χ3v) is 7.61. The Labute approximate surface area is 168 Å². The SMILES string of the molecule is CCNC(=NCCC(O)(c1nccn1C)C(F)(F)F)N1CCS(=O)(=O)C(C)(C)C1. The number of alkyl halides is 3. The number of imidazole rings is 1. The molecule has 29 heavy (non-hydrogen) atoms. The van der Waals surface area contributed by atoms with Gasteiger partial charge < -0.3 is 19.9 Å². The maximum Gasteiger partial charge on any atom is 0.424 e. The molecule has 1 fully saturated rings. The molecular formula is C17H28F3N5O3S. The van der Waals surface area contributed by atoms with Crippen molar-refractivity contribution < 1.29 is 26.7 Å². The molecule has 1 aliphatic rings. The van der Waals surface area contributed by atoms with Gasteiger partial charge in [0.05, 0.1) is 10.5 Å². The van der Waals surface area contributed by atoms with E-state index in [0.717, 1.165) is 4.57 Å². The van der Waals surface area contributed by atoms with Crippen molar-refractivity contribution >= 4 is 15.8 Å². The maximum atomic E-state index is 13.6. The van der Waals surface area contributed by atoms with Gasteiger partial charge in [-0.05, 0) is 20.8 Å². The summed E-state index contributed by atoms with van der Waals surface area (Å²) in [6, 6.07) is 0. The van der Waals surface area contributed by atoms with Crippen LogP contribution in [0.2, 0.25) is 0 Å². The number of sulfone groups is 1. The number of halogens is 3. The summed E-state index contributed by atoms with van der Waals surface area (Å²) in [6.07, 6.45) is -3.13. The van der Waals surface area contributed by atoms with E-state index in [0.29, 0.717) is 12.5 Å². The quantitative estimate of drug-likeness (QED) is 0.525. The third-order valence-electron chi connectivity index (χ3n) is 5.07. The Hall–Kier alpha value is -1.82. The van der Waals surface area contributed by atoms with E-state index in [1.54, 1.807) is 25.7 Å². The number of rotatable bonds is 5. The number of guanidine groups is 1. The molecule has 0 aliphatic carbocycles. The second-order valence-corrected chi connectivity index (χ2v) is 10.4. The van der Waals surface area contributed by atoms with Gasteiger partial charge in [0.1, 0.15) is 5.82 Å². The Bertz CT molecular complexity index is 851. The molecule has 166 valence electrons. The maximum absolute atomic E-state index is 13.6. The molecule has 0 spiro atoms. The molecule has 0 saturated carbocycles. The van der Waals surface area contributed by atoms with E-state index in [4.69, 9.17) is 0 Å². The largest absolute Gasteiger partial charge is 0.424 e. The normalized spacial score (nSPS) is 21.7. The van der Waals surface area contributed by atoms with E-state index >= 15 is 0 Å². The molecule has 0 amide bonds. The second-order valence-electron chi connectivity index (χ2n) is 7.71. The smallest absolute Gasteiger partial charge is 0.374 e. The average Bonchev–Trinajstić information content (AvgIpc) is 3.02. The monoisotopic (exact) mass is 439 g/mol. The average molecular weight is 440 g/mol. The number of aliphatic imine (C=N–C) groups is 1. The molecule has 1 atom stereocenters. The van der Waals surface area contributed by atoms with Gasteiger partial charge in [-0.15, -0.1) is 0 Å². The molecule has 2 heterocycles. The van der Waals surface area contributed by atoms with Crippen molar-refractivity contribution in [1.29, 1.82) is 0 Å². The first-order valence-electron chi connectivity index (χ1n) is 9.27. The Morgan fingerprint density at radius 2 is 2.07 bits per heavy atom. The zero-order valence-electron chi connectivity index (χ0n) is 17.0. The van der Waals surface area contributed by atoms with Crippen LogP contribution < -0.4 is 5.32 Å². The van der Waals surface area contributed by atoms with Gasteiger partial charge in [-0.1, -0.05) is 0 Å². The van der Waals surface area contributed by atoms with E-state index < -0.39 is 38.6 Å². The molecule has 0 bridgehead atoms. The van der Waals surface area contributed by atoms with Gasteiger partial charge in [0.2, 0.25) is 5.60 Å². The first-order valence-corrected chi connectivity index (χ1v) is 10.9. The molecular weight excluding hydrogens is 411 g/mol. The Morgan fingerprint density at radius 3 is 2.55 bits per heavy atom. The fraction of sp³-hybridized carbons (Fsp3) is 0.765. The van der Waals surface area contributed by atoms with E-state index in [1.807, 2.05) is 0 Å². The van der Waals surface area contributed by atoms with Crippen LogP contribution in [0.15, 0.2) is 17.4 Å². The highest BCUT2D eigenvalue weighted by atomic mass is 32.2. The Balaban J connectivity index is 2.23. The number of nitrogens with one attached hydrogen (secondary N) is 1. The van der Waals surface area contributed by atoms with Crippen LogP contribution in [-0.4, -0.2) is 76.8 Å². The molecule has 1 aliphatic heterocycles. The van der Waals surface area contributed by atoms with Crippen LogP contribution in [-0.2, 0) is 22.5 Å². The summed E-state index contributed by atoms with van der Waals surface area (Å²) in [6.45, 7) is 5.54. The van der Waals surface area contributed by atoms with Crippen LogP contribution >= 0.6 is 0 Å². The van der Waals surface area contributed by atoms with E-state index in [1.165, 1.54) is 19.4 Å². The van der Waals surface area contributed by atoms with Crippen LogP contribution in [0.3, 0.4) is 0 Å². The van der Waals surface area contributed by atoms with Gasteiger partial charge in [0.15, 0.2) is 15.8 Å². The zero-order valence-corrected chi connectivity index (χ0v) is 17.8. The number of aromatic nitrogens is 2. The van der Waals surface area contributed by atoms with Crippen molar-refractivity contribution in [2.75, 3.05) is 31.9 Å². The summed E-state index contributed by atoms with van der Waals surface area (Å²) < 4.78 is 65.4. The minimum absolute atomic E-state index is 0.0653. The lowest BCUT2D eigenvalue weighted by atomic mass is 9.98. The highest BCUT2D eigenvalue weighted by Crippen LogP contribution is 2.40. The van der Waals surface area contributed by atoms with E-state index in [2.05, 4.69) is 15.3 Å². The fourth-order valence-electron chi connectivity index (χ4n) is 3.22. The summed E-state index contributed by atoms with van der Waals surface area (Å²) in [7, 11) is -1.89. The van der Waals surface area contributed by atoms with Gasteiger partial charge >= 0.3 is 6.18 Å². The van der Waals surface area contributed by atoms with Gasteiger partial charge in [-0.25, -0.2) is 13.4 Å². The zero-order chi connectivity index (χ0) is 22.1. The summed E-state index contributed by atoms with van der Waals surface area (Å²) in [4.78, 5) is 9.61. The minimum atomic E-state index is -4.93. The lowest BCUT2D eigenvalue weighted by molar-refractivity contribution is -0.272. The number of aliphatic hydroxyl groups is 1. The van der Waals surface area contributed by atoms with Crippen molar-refractivity contribution in [2.24, 2.45) is 12.0 Å². The van der Waals surface area contributed by atoms with E-state index in [-0.39, 0.29) is 25.4 Å². The first-order chi connectivity index (χ1) is 13.2. The molecule has 8 nitrogen and oxygen atoms in total. The van der Waals surface area contributed by atoms with Crippen molar-refractivity contribution in [3.05, 3.63) is 18.2 Å². The number of nitrogens with zero attached hydrogens (tertiary/aromatic N) is 4. The predicted molar refractivity (Wildman–Crippen MR) is 103 cm³/mol. The second kappa shape index (κ2) is 8.13. The van der Waals surface area contributed by atoms with Crippen molar-refractivity contribution in [3.8, 4) is 0 Å². The molecule has 1 aromatic rings. The van der Waals surface area contributed by atoms with E-state index in [9.17, 15) is 26.7 Å². The van der Waals surface area contributed by atoms with Gasteiger partial charge in [-0.3, -0.25) is 4.99 Å². The van der Waals surface area contributed by atoms with Gasteiger partial charge in [0, 0.05) is 52.0 Å². The summed E-state index contributed by atoms with van der Waals surface area (Å²) in [5.74, 6) is -0.250. The van der Waals surface area contributed by atoms with Crippen LogP contribution in [0.25, 0.3) is 0 Å². The van der Waals surface area contributed by atoms with Crippen LogP contribution in [0.1, 0.15) is 33.0 Å². The highest BCUT2D eigenvalue weighted by Gasteiger charge is 2.57.